The second-order valence-electron chi connectivity index (χ2n) is 9.69. The standard InChI is InChI=1S/C22H38O4Si/c1-17(14-23-15-18-12-10-9-11-13-18)20-19(25-22(5,6)26-20)16-24-27(7,8)21(2,3)4/h9-13,17,19-20H,14-16H2,1-8H3/t17-,19+,20+/m1/s1. The van der Waals surface area contributed by atoms with Gasteiger partial charge in [-0.1, -0.05) is 58.0 Å². The molecule has 0 bridgehead atoms. The molecule has 0 N–H and O–H groups in total. The summed E-state index contributed by atoms with van der Waals surface area (Å²) in [7, 11) is -1.82. The van der Waals surface area contributed by atoms with Crippen LogP contribution >= 0.6 is 0 Å². The number of rotatable bonds is 8. The predicted molar refractivity (Wildman–Crippen MR) is 112 cm³/mol. The van der Waals surface area contributed by atoms with Crippen LogP contribution in [0.15, 0.2) is 30.3 Å². The van der Waals surface area contributed by atoms with Crippen molar-refractivity contribution in [2.45, 2.75) is 84.3 Å². The Bertz CT molecular complexity index is 580. The van der Waals surface area contributed by atoms with Crippen LogP contribution in [0.2, 0.25) is 18.1 Å². The van der Waals surface area contributed by atoms with Crippen molar-refractivity contribution in [1.29, 1.82) is 0 Å². The van der Waals surface area contributed by atoms with E-state index >= 15 is 0 Å². The van der Waals surface area contributed by atoms with Crippen molar-refractivity contribution < 1.29 is 18.6 Å². The Morgan fingerprint density at radius 2 is 1.74 bits per heavy atom. The monoisotopic (exact) mass is 394 g/mol. The van der Waals surface area contributed by atoms with Crippen molar-refractivity contribution in [3.63, 3.8) is 0 Å². The van der Waals surface area contributed by atoms with Gasteiger partial charge in [-0.05, 0) is 37.5 Å². The minimum atomic E-state index is -1.82. The normalized spacial score (nSPS) is 24.1. The molecule has 5 heteroatoms. The Labute approximate surface area is 166 Å². The molecule has 3 atom stereocenters. The average molecular weight is 395 g/mol. The third-order valence-corrected chi connectivity index (χ3v) is 10.2. The first-order valence-electron chi connectivity index (χ1n) is 10.0. The van der Waals surface area contributed by atoms with Gasteiger partial charge in [0, 0.05) is 5.92 Å². The molecule has 0 radical (unpaired) electrons. The van der Waals surface area contributed by atoms with E-state index in [0.29, 0.717) is 19.8 Å². The van der Waals surface area contributed by atoms with Gasteiger partial charge in [0.2, 0.25) is 0 Å². The minimum Gasteiger partial charge on any atom is -0.414 e. The summed E-state index contributed by atoms with van der Waals surface area (Å²) >= 11 is 0. The first kappa shape index (κ1) is 22.6. The van der Waals surface area contributed by atoms with E-state index in [1.165, 1.54) is 5.56 Å². The first-order chi connectivity index (χ1) is 12.4. The fourth-order valence-electron chi connectivity index (χ4n) is 3.01. The van der Waals surface area contributed by atoms with Gasteiger partial charge in [-0.2, -0.15) is 0 Å². The molecule has 154 valence electrons. The lowest BCUT2D eigenvalue weighted by Gasteiger charge is -2.37. The first-order valence-corrected chi connectivity index (χ1v) is 12.9. The summed E-state index contributed by atoms with van der Waals surface area (Å²) in [5, 5.41) is 0.182. The molecular formula is C22H38O4Si. The highest BCUT2D eigenvalue weighted by atomic mass is 28.4. The highest BCUT2D eigenvalue weighted by Gasteiger charge is 2.46. The Balaban J connectivity index is 1.91. The molecule has 1 heterocycles. The number of hydrogen-bond donors (Lipinski definition) is 0. The van der Waals surface area contributed by atoms with Crippen LogP contribution in [0.25, 0.3) is 0 Å². The van der Waals surface area contributed by atoms with Crippen molar-refractivity contribution in [2.75, 3.05) is 13.2 Å². The fraction of sp³-hybridized carbons (Fsp3) is 0.727. The highest BCUT2D eigenvalue weighted by molar-refractivity contribution is 6.74. The summed E-state index contributed by atoms with van der Waals surface area (Å²) in [6.07, 6.45) is -0.0926. The summed E-state index contributed by atoms with van der Waals surface area (Å²) in [4.78, 5) is 0. The van der Waals surface area contributed by atoms with Crippen LogP contribution in [0.1, 0.15) is 47.1 Å². The average Bonchev–Trinajstić information content (AvgIpc) is 2.88. The van der Waals surface area contributed by atoms with Crippen molar-refractivity contribution in [3.8, 4) is 0 Å². The maximum atomic E-state index is 6.42. The van der Waals surface area contributed by atoms with Gasteiger partial charge in [-0.15, -0.1) is 0 Å². The van der Waals surface area contributed by atoms with Crippen molar-refractivity contribution in [2.24, 2.45) is 5.92 Å². The molecule has 0 amide bonds. The molecule has 1 aromatic carbocycles. The number of benzene rings is 1. The molecule has 0 aliphatic carbocycles. The van der Waals surface area contributed by atoms with Gasteiger partial charge in [0.1, 0.15) is 6.10 Å². The Kier molecular flexibility index (Phi) is 7.31. The van der Waals surface area contributed by atoms with Crippen LogP contribution in [-0.2, 0) is 25.2 Å². The zero-order valence-corrected chi connectivity index (χ0v) is 19.4. The van der Waals surface area contributed by atoms with E-state index in [1.807, 2.05) is 32.0 Å². The Morgan fingerprint density at radius 1 is 1.11 bits per heavy atom. The molecule has 0 spiro atoms. The lowest BCUT2D eigenvalue weighted by molar-refractivity contribution is -0.153. The van der Waals surface area contributed by atoms with Gasteiger partial charge in [-0.25, -0.2) is 0 Å². The molecule has 0 unspecified atom stereocenters. The van der Waals surface area contributed by atoms with Crippen LogP contribution < -0.4 is 0 Å². The molecule has 1 aromatic rings. The van der Waals surface area contributed by atoms with E-state index in [9.17, 15) is 0 Å². The van der Waals surface area contributed by atoms with Gasteiger partial charge in [-0.3, -0.25) is 0 Å². The van der Waals surface area contributed by atoms with Crippen LogP contribution in [0, 0.1) is 5.92 Å². The molecule has 1 aliphatic rings. The molecule has 4 nitrogen and oxygen atoms in total. The molecule has 0 aromatic heterocycles. The number of hydrogen-bond acceptors (Lipinski definition) is 4. The van der Waals surface area contributed by atoms with Crippen molar-refractivity contribution in [1.82, 2.24) is 0 Å². The maximum absolute atomic E-state index is 6.42. The van der Waals surface area contributed by atoms with Crippen molar-refractivity contribution in [3.05, 3.63) is 35.9 Å². The predicted octanol–water partition coefficient (Wildman–Crippen LogP) is 5.38. The van der Waals surface area contributed by atoms with E-state index < -0.39 is 14.1 Å². The van der Waals surface area contributed by atoms with Crippen LogP contribution in [0.4, 0.5) is 0 Å². The third-order valence-electron chi connectivity index (χ3n) is 5.69. The molecular weight excluding hydrogens is 356 g/mol. The molecule has 1 aliphatic heterocycles. The van der Waals surface area contributed by atoms with Gasteiger partial charge in [0.15, 0.2) is 14.1 Å². The maximum Gasteiger partial charge on any atom is 0.192 e. The summed E-state index contributed by atoms with van der Waals surface area (Å²) in [5.41, 5.74) is 1.19. The largest absolute Gasteiger partial charge is 0.414 e. The second kappa shape index (κ2) is 8.74. The van der Waals surface area contributed by atoms with Crippen LogP contribution in [0.5, 0.6) is 0 Å². The van der Waals surface area contributed by atoms with Gasteiger partial charge < -0.3 is 18.6 Å². The van der Waals surface area contributed by atoms with Crippen LogP contribution in [-0.4, -0.2) is 39.5 Å². The van der Waals surface area contributed by atoms with Gasteiger partial charge >= 0.3 is 0 Å². The molecule has 0 saturated carbocycles. The summed E-state index contributed by atoms with van der Waals surface area (Å²) in [6, 6.07) is 10.3. The Morgan fingerprint density at radius 3 is 2.33 bits per heavy atom. The quantitative estimate of drug-likeness (QED) is 0.555. The molecule has 1 saturated heterocycles. The Hall–Kier alpha value is -0.723. The summed E-state index contributed by atoms with van der Waals surface area (Å²) in [6.45, 7) is 19.3. The van der Waals surface area contributed by atoms with E-state index in [2.05, 4.69) is 52.9 Å². The highest BCUT2D eigenvalue weighted by Crippen LogP contribution is 2.38. The molecule has 2 rings (SSSR count). The van der Waals surface area contributed by atoms with E-state index in [4.69, 9.17) is 18.6 Å². The fourth-order valence-corrected chi connectivity index (χ4v) is 4.03. The summed E-state index contributed by atoms with van der Waals surface area (Å²) in [5.74, 6) is -0.358. The molecule has 27 heavy (non-hydrogen) atoms. The zero-order chi connectivity index (χ0) is 20.3. The molecule has 1 fully saturated rings. The topological polar surface area (TPSA) is 36.9 Å². The van der Waals surface area contributed by atoms with Gasteiger partial charge in [0.25, 0.3) is 0 Å². The zero-order valence-electron chi connectivity index (χ0n) is 18.4. The SMILES string of the molecule is C[C@H](COCc1ccccc1)[C@@H]1OC(C)(C)O[C@H]1CO[Si](C)(C)C(C)(C)C. The minimum absolute atomic E-state index is 0.0273. The third kappa shape index (κ3) is 6.40. The van der Waals surface area contributed by atoms with E-state index in [1.54, 1.807) is 0 Å². The van der Waals surface area contributed by atoms with Crippen LogP contribution in [0.3, 0.4) is 0 Å². The van der Waals surface area contributed by atoms with E-state index in [-0.39, 0.29) is 23.2 Å². The van der Waals surface area contributed by atoms with E-state index in [0.717, 1.165) is 0 Å². The summed E-state index contributed by atoms with van der Waals surface area (Å²) < 4.78 is 24.7. The lowest BCUT2D eigenvalue weighted by Crippen LogP contribution is -2.45. The smallest absolute Gasteiger partial charge is 0.192 e. The number of ether oxygens (including phenoxy) is 3. The van der Waals surface area contributed by atoms with Gasteiger partial charge in [0.05, 0.1) is 25.9 Å². The lowest BCUT2D eigenvalue weighted by atomic mass is 10.0. The van der Waals surface area contributed by atoms with Crippen molar-refractivity contribution >= 4 is 8.32 Å². The second-order valence-corrected chi connectivity index (χ2v) is 14.5.